The Kier molecular flexibility index (Phi) is 5.07. The van der Waals surface area contributed by atoms with Crippen LogP contribution in [0.2, 0.25) is 0 Å². The Balaban J connectivity index is 2.00. The van der Waals surface area contributed by atoms with Gasteiger partial charge in [-0.2, -0.15) is 0 Å². The van der Waals surface area contributed by atoms with Gasteiger partial charge in [-0.1, -0.05) is 37.7 Å². The maximum Gasteiger partial charge on any atom is 0.219 e. The van der Waals surface area contributed by atoms with Crippen LogP contribution < -0.4 is 10.5 Å². The molecule has 2 rings (SSSR count). The maximum absolute atomic E-state index is 5.68. The number of pyridine rings is 1. The molecule has 0 bridgehead atoms. The summed E-state index contributed by atoms with van der Waals surface area (Å²) in [6.07, 6.45) is 5.14. The molecule has 0 aliphatic heterocycles. The number of aromatic nitrogens is 1. The fraction of sp³-hybridized carbons (Fsp3) is 0.250. The van der Waals surface area contributed by atoms with Crippen LogP contribution in [-0.2, 0) is 6.42 Å². The fourth-order valence-electron chi connectivity index (χ4n) is 1.81. The summed E-state index contributed by atoms with van der Waals surface area (Å²) >= 11 is 4.88. The van der Waals surface area contributed by atoms with Crippen LogP contribution in [0.25, 0.3) is 0 Å². The smallest absolute Gasteiger partial charge is 0.219 e. The zero-order valence-electron chi connectivity index (χ0n) is 11.5. The van der Waals surface area contributed by atoms with E-state index >= 15 is 0 Å². The molecule has 2 aromatic rings. The summed E-state index contributed by atoms with van der Waals surface area (Å²) in [6.45, 7) is 2.19. The monoisotopic (exact) mass is 286 g/mol. The molecule has 0 spiro atoms. The Hall–Kier alpha value is -1.94. The van der Waals surface area contributed by atoms with Gasteiger partial charge in [0.25, 0.3) is 0 Å². The van der Waals surface area contributed by atoms with Crippen molar-refractivity contribution in [1.82, 2.24) is 4.98 Å². The van der Waals surface area contributed by atoms with Crippen LogP contribution >= 0.6 is 12.2 Å². The third-order valence-corrected chi connectivity index (χ3v) is 3.22. The second-order valence-electron chi connectivity index (χ2n) is 4.60. The minimum absolute atomic E-state index is 0.337. The van der Waals surface area contributed by atoms with Crippen molar-refractivity contribution in [2.75, 3.05) is 0 Å². The van der Waals surface area contributed by atoms with Gasteiger partial charge in [-0.3, -0.25) is 0 Å². The molecule has 2 N–H and O–H groups in total. The molecule has 0 atom stereocenters. The third-order valence-electron chi connectivity index (χ3n) is 2.99. The Morgan fingerprint density at radius 1 is 1.20 bits per heavy atom. The van der Waals surface area contributed by atoms with Gasteiger partial charge >= 0.3 is 0 Å². The van der Waals surface area contributed by atoms with Crippen LogP contribution in [0.4, 0.5) is 0 Å². The number of unbranched alkanes of at least 4 members (excludes halogenated alkanes) is 1. The van der Waals surface area contributed by atoms with E-state index in [9.17, 15) is 0 Å². The van der Waals surface area contributed by atoms with Crippen LogP contribution in [0.1, 0.15) is 30.9 Å². The lowest BCUT2D eigenvalue weighted by molar-refractivity contribution is 0.462. The number of nitrogens with two attached hydrogens (primary N) is 1. The molecule has 0 saturated carbocycles. The Morgan fingerprint density at radius 2 is 1.95 bits per heavy atom. The molecule has 3 nitrogen and oxygen atoms in total. The number of hydrogen-bond acceptors (Lipinski definition) is 3. The quantitative estimate of drug-likeness (QED) is 0.819. The highest BCUT2D eigenvalue weighted by molar-refractivity contribution is 7.80. The first kappa shape index (κ1) is 14.5. The predicted octanol–water partition coefficient (Wildman–Crippen LogP) is 3.85. The molecule has 104 valence electrons. The molecule has 0 aliphatic carbocycles. The topological polar surface area (TPSA) is 48.1 Å². The number of ether oxygens (including phenoxy) is 1. The van der Waals surface area contributed by atoms with E-state index < -0.39 is 0 Å². The Bertz CT molecular complexity index is 564. The van der Waals surface area contributed by atoms with Gasteiger partial charge in [-0.15, -0.1) is 0 Å². The molecule has 0 unspecified atom stereocenters. The summed E-state index contributed by atoms with van der Waals surface area (Å²) in [6, 6.07) is 11.7. The number of nitrogens with zero attached hydrogens (tertiary/aromatic N) is 1. The van der Waals surface area contributed by atoms with Crippen LogP contribution in [0.5, 0.6) is 11.6 Å². The number of rotatable bonds is 6. The minimum Gasteiger partial charge on any atom is -0.439 e. The van der Waals surface area contributed by atoms with Gasteiger partial charge in [0.05, 0.1) is 0 Å². The van der Waals surface area contributed by atoms with Crippen LogP contribution in [0.3, 0.4) is 0 Å². The first-order chi connectivity index (χ1) is 9.69. The van der Waals surface area contributed by atoms with Gasteiger partial charge in [0.1, 0.15) is 10.7 Å². The summed E-state index contributed by atoms with van der Waals surface area (Å²) in [5, 5.41) is 0. The van der Waals surface area contributed by atoms with E-state index in [1.54, 1.807) is 18.3 Å². The molecule has 20 heavy (non-hydrogen) atoms. The largest absolute Gasteiger partial charge is 0.439 e. The van der Waals surface area contributed by atoms with Crippen LogP contribution in [0.15, 0.2) is 42.6 Å². The van der Waals surface area contributed by atoms with E-state index in [0.717, 1.165) is 17.7 Å². The normalized spacial score (nSPS) is 10.2. The van der Waals surface area contributed by atoms with Crippen molar-refractivity contribution in [3.05, 3.63) is 53.7 Å². The van der Waals surface area contributed by atoms with E-state index in [0.29, 0.717) is 10.9 Å². The average Bonchev–Trinajstić information content (AvgIpc) is 2.47. The van der Waals surface area contributed by atoms with E-state index in [-0.39, 0.29) is 0 Å². The van der Waals surface area contributed by atoms with Gasteiger partial charge in [0.15, 0.2) is 0 Å². The summed E-state index contributed by atoms with van der Waals surface area (Å²) in [4.78, 5) is 4.51. The lowest BCUT2D eigenvalue weighted by Crippen LogP contribution is -2.09. The predicted molar refractivity (Wildman–Crippen MR) is 85.3 cm³/mol. The van der Waals surface area contributed by atoms with Gasteiger partial charge in [0.2, 0.25) is 5.88 Å². The summed E-state index contributed by atoms with van der Waals surface area (Å²) in [7, 11) is 0. The summed E-state index contributed by atoms with van der Waals surface area (Å²) in [5.41, 5.74) is 7.59. The second-order valence-corrected chi connectivity index (χ2v) is 5.04. The third kappa shape index (κ3) is 4.03. The van der Waals surface area contributed by atoms with Crippen LogP contribution in [0, 0.1) is 0 Å². The molecule has 1 aromatic heterocycles. The minimum atomic E-state index is 0.337. The highest BCUT2D eigenvalue weighted by Gasteiger charge is 2.01. The SMILES string of the molecule is CCCCc1ccc(Oc2ccc(C(N)=S)cn2)cc1. The average molecular weight is 286 g/mol. The molecule has 0 saturated heterocycles. The zero-order valence-corrected chi connectivity index (χ0v) is 12.3. The number of aryl methyl sites for hydroxylation is 1. The summed E-state index contributed by atoms with van der Waals surface area (Å²) < 4.78 is 5.68. The van der Waals surface area contributed by atoms with Crippen molar-refractivity contribution in [1.29, 1.82) is 0 Å². The van der Waals surface area contributed by atoms with Gasteiger partial charge < -0.3 is 10.5 Å². The van der Waals surface area contributed by atoms with Crippen molar-refractivity contribution < 1.29 is 4.74 Å². The zero-order chi connectivity index (χ0) is 14.4. The van der Waals surface area contributed by atoms with Crippen molar-refractivity contribution >= 4 is 17.2 Å². The molecule has 0 radical (unpaired) electrons. The van der Waals surface area contributed by atoms with E-state index in [1.165, 1.54) is 18.4 Å². The number of benzene rings is 1. The Morgan fingerprint density at radius 3 is 2.50 bits per heavy atom. The van der Waals surface area contributed by atoms with E-state index in [4.69, 9.17) is 22.7 Å². The number of thiocarbonyl (C=S) groups is 1. The van der Waals surface area contributed by atoms with Crippen LogP contribution in [-0.4, -0.2) is 9.97 Å². The van der Waals surface area contributed by atoms with Gasteiger partial charge in [-0.05, 0) is 36.6 Å². The summed E-state index contributed by atoms with van der Waals surface area (Å²) in [5.74, 6) is 1.31. The lowest BCUT2D eigenvalue weighted by atomic mass is 10.1. The molecule has 1 aromatic carbocycles. The molecule has 4 heteroatoms. The van der Waals surface area contributed by atoms with E-state index in [1.807, 2.05) is 12.1 Å². The van der Waals surface area contributed by atoms with Crippen molar-refractivity contribution in [2.24, 2.45) is 5.73 Å². The van der Waals surface area contributed by atoms with Gasteiger partial charge in [-0.25, -0.2) is 4.98 Å². The highest BCUT2D eigenvalue weighted by Crippen LogP contribution is 2.20. The number of hydrogen-bond donors (Lipinski definition) is 1. The fourth-order valence-corrected chi connectivity index (χ4v) is 1.93. The lowest BCUT2D eigenvalue weighted by Gasteiger charge is -2.06. The van der Waals surface area contributed by atoms with Gasteiger partial charge in [0, 0.05) is 17.8 Å². The highest BCUT2D eigenvalue weighted by atomic mass is 32.1. The maximum atomic E-state index is 5.68. The van der Waals surface area contributed by atoms with Crippen molar-refractivity contribution in [3.8, 4) is 11.6 Å². The molecule has 0 fully saturated rings. The molecule has 1 heterocycles. The van der Waals surface area contributed by atoms with Crippen molar-refractivity contribution in [3.63, 3.8) is 0 Å². The molecular weight excluding hydrogens is 268 g/mol. The van der Waals surface area contributed by atoms with E-state index in [2.05, 4.69) is 24.0 Å². The second kappa shape index (κ2) is 7.01. The standard InChI is InChI=1S/C16H18N2OS/c1-2-3-4-12-5-8-14(9-6-12)19-15-10-7-13(11-18-15)16(17)20/h5-11H,2-4H2,1H3,(H2,17,20). The molecule has 0 amide bonds. The first-order valence-electron chi connectivity index (χ1n) is 6.71. The Labute approximate surface area is 124 Å². The molecular formula is C16H18N2OS. The molecule has 0 aliphatic rings. The van der Waals surface area contributed by atoms with Crippen molar-refractivity contribution in [2.45, 2.75) is 26.2 Å². The first-order valence-corrected chi connectivity index (χ1v) is 7.12.